The average molecular weight is 324 g/mol. The van der Waals surface area contributed by atoms with Crippen LogP contribution in [0.2, 0.25) is 0 Å². The molecule has 0 heterocycles. The van der Waals surface area contributed by atoms with Crippen molar-refractivity contribution in [1.82, 2.24) is 0 Å². The molecule has 0 fully saturated rings. The van der Waals surface area contributed by atoms with Crippen LogP contribution in [0.4, 0.5) is 0 Å². The number of hydrogen-bond acceptors (Lipinski definition) is 3. The van der Waals surface area contributed by atoms with Crippen LogP contribution < -0.4 is 10.5 Å². The van der Waals surface area contributed by atoms with E-state index in [0.29, 0.717) is 6.54 Å². The van der Waals surface area contributed by atoms with E-state index in [1.165, 1.54) is 4.90 Å². The van der Waals surface area contributed by atoms with Crippen molar-refractivity contribution in [3.63, 3.8) is 0 Å². The second-order valence-corrected chi connectivity index (χ2v) is 5.77. The summed E-state index contributed by atoms with van der Waals surface area (Å²) in [5, 5.41) is 0. The Labute approximate surface area is 120 Å². The topological polar surface area (TPSA) is 35.2 Å². The van der Waals surface area contributed by atoms with Crippen molar-refractivity contribution in [3.05, 3.63) is 52.5 Å². The Bertz CT molecular complexity index is 545. The quantitative estimate of drug-likeness (QED) is 0.921. The third kappa shape index (κ3) is 3.28. The molecule has 0 radical (unpaired) electrons. The number of hydrogen-bond donors (Lipinski definition) is 1. The Hall–Kier alpha value is -0.970. The van der Waals surface area contributed by atoms with E-state index >= 15 is 0 Å². The van der Waals surface area contributed by atoms with Crippen molar-refractivity contribution in [2.45, 2.75) is 16.3 Å². The van der Waals surface area contributed by atoms with E-state index in [2.05, 4.69) is 28.1 Å². The van der Waals surface area contributed by atoms with Crippen molar-refractivity contribution in [1.29, 1.82) is 0 Å². The van der Waals surface area contributed by atoms with Gasteiger partial charge in [-0.25, -0.2) is 0 Å². The number of ether oxygens (including phenoxy) is 1. The highest BCUT2D eigenvalue weighted by Gasteiger charge is 2.05. The molecular formula is C14H14BrNOS. The molecule has 18 heavy (non-hydrogen) atoms. The maximum absolute atomic E-state index is 5.76. The van der Waals surface area contributed by atoms with Crippen LogP contribution in [-0.2, 0) is 6.54 Å². The third-order valence-corrected chi connectivity index (χ3v) is 4.10. The lowest BCUT2D eigenvalue weighted by Gasteiger charge is -2.09. The molecule has 0 unspecified atom stereocenters. The smallest absolute Gasteiger partial charge is 0.119 e. The van der Waals surface area contributed by atoms with Crippen LogP contribution in [0, 0.1) is 0 Å². The number of benzene rings is 2. The molecule has 0 saturated heterocycles. The molecule has 0 aliphatic heterocycles. The van der Waals surface area contributed by atoms with Gasteiger partial charge in [0.1, 0.15) is 5.75 Å². The summed E-state index contributed by atoms with van der Waals surface area (Å²) in [4.78, 5) is 2.31. The summed E-state index contributed by atoms with van der Waals surface area (Å²) in [5.74, 6) is 0.865. The van der Waals surface area contributed by atoms with Gasteiger partial charge >= 0.3 is 0 Å². The van der Waals surface area contributed by atoms with Crippen LogP contribution in [0.1, 0.15) is 5.56 Å². The van der Waals surface area contributed by atoms with E-state index in [1.807, 2.05) is 30.3 Å². The average Bonchev–Trinajstić information content (AvgIpc) is 2.39. The summed E-state index contributed by atoms with van der Waals surface area (Å²) < 4.78 is 6.29. The molecule has 0 aliphatic carbocycles. The van der Waals surface area contributed by atoms with E-state index in [0.717, 1.165) is 20.7 Å². The lowest BCUT2D eigenvalue weighted by molar-refractivity contribution is 0.413. The van der Waals surface area contributed by atoms with Gasteiger partial charge in [-0.05, 0) is 35.9 Å². The molecule has 2 nitrogen and oxygen atoms in total. The van der Waals surface area contributed by atoms with E-state index < -0.39 is 0 Å². The summed E-state index contributed by atoms with van der Waals surface area (Å²) in [6.07, 6.45) is 0. The highest BCUT2D eigenvalue weighted by Crippen LogP contribution is 2.33. The zero-order chi connectivity index (χ0) is 13.0. The second-order valence-electron chi connectivity index (χ2n) is 3.74. The van der Waals surface area contributed by atoms with Crippen LogP contribution in [-0.4, -0.2) is 7.11 Å². The molecule has 94 valence electrons. The first-order valence-electron chi connectivity index (χ1n) is 5.53. The van der Waals surface area contributed by atoms with Gasteiger partial charge in [-0.2, -0.15) is 0 Å². The molecule has 0 atom stereocenters. The lowest BCUT2D eigenvalue weighted by atomic mass is 10.2. The molecule has 0 aromatic heterocycles. The van der Waals surface area contributed by atoms with Crippen LogP contribution >= 0.6 is 27.7 Å². The lowest BCUT2D eigenvalue weighted by Crippen LogP contribution is -1.98. The Kier molecular flexibility index (Phi) is 4.69. The molecule has 0 saturated carbocycles. The fourth-order valence-corrected chi connectivity index (χ4v) is 3.14. The van der Waals surface area contributed by atoms with Crippen molar-refractivity contribution in [2.24, 2.45) is 5.73 Å². The minimum Gasteiger partial charge on any atom is -0.497 e. The highest BCUT2D eigenvalue weighted by molar-refractivity contribution is 9.10. The molecule has 2 aromatic rings. The van der Waals surface area contributed by atoms with E-state index in [4.69, 9.17) is 10.5 Å². The van der Waals surface area contributed by atoms with Crippen LogP contribution in [0.3, 0.4) is 0 Å². The maximum atomic E-state index is 5.76. The van der Waals surface area contributed by atoms with Crippen LogP contribution in [0.15, 0.2) is 56.7 Å². The second kappa shape index (κ2) is 6.27. The molecule has 0 spiro atoms. The molecule has 2 aromatic carbocycles. The molecular weight excluding hydrogens is 310 g/mol. The van der Waals surface area contributed by atoms with Gasteiger partial charge in [-0.3, -0.25) is 0 Å². The van der Waals surface area contributed by atoms with Gasteiger partial charge in [0, 0.05) is 20.8 Å². The predicted molar refractivity (Wildman–Crippen MR) is 79.2 cm³/mol. The summed E-state index contributed by atoms with van der Waals surface area (Å²) in [5.41, 5.74) is 6.90. The van der Waals surface area contributed by atoms with Gasteiger partial charge in [-0.1, -0.05) is 39.8 Å². The largest absolute Gasteiger partial charge is 0.497 e. The van der Waals surface area contributed by atoms with Crippen molar-refractivity contribution < 1.29 is 4.74 Å². The van der Waals surface area contributed by atoms with Gasteiger partial charge in [-0.15, -0.1) is 0 Å². The summed E-state index contributed by atoms with van der Waals surface area (Å²) in [6, 6.07) is 14.2. The van der Waals surface area contributed by atoms with Crippen molar-refractivity contribution in [3.8, 4) is 5.75 Å². The number of rotatable bonds is 4. The standard InChI is InChI=1S/C14H14BrNOS/c1-17-12-3-2-4-13(8-12)18-14-7-11(15)6-5-10(14)9-16/h2-8H,9,16H2,1H3. The third-order valence-electron chi connectivity index (χ3n) is 2.52. The summed E-state index contributed by atoms with van der Waals surface area (Å²) >= 11 is 5.18. The highest BCUT2D eigenvalue weighted by atomic mass is 79.9. The van der Waals surface area contributed by atoms with Crippen LogP contribution in [0.25, 0.3) is 0 Å². The molecule has 2 rings (SSSR count). The minimum absolute atomic E-state index is 0.541. The monoisotopic (exact) mass is 323 g/mol. The van der Waals surface area contributed by atoms with Gasteiger partial charge in [0.05, 0.1) is 7.11 Å². The normalized spacial score (nSPS) is 10.4. The molecule has 4 heteroatoms. The predicted octanol–water partition coefficient (Wildman–Crippen LogP) is 4.07. The minimum atomic E-state index is 0.541. The first-order valence-corrected chi connectivity index (χ1v) is 7.14. The zero-order valence-corrected chi connectivity index (χ0v) is 12.4. The van der Waals surface area contributed by atoms with Crippen LogP contribution in [0.5, 0.6) is 5.75 Å². The molecule has 0 amide bonds. The zero-order valence-electron chi connectivity index (χ0n) is 10.0. The first kappa shape index (κ1) is 13.5. The molecule has 2 N–H and O–H groups in total. The fourth-order valence-electron chi connectivity index (χ4n) is 1.58. The number of methoxy groups -OCH3 is 1. The Morgan fingerprint density at radius 3 is 2.78 bits per heavy atom. The Morgan fingerprint density at radius 1 is 1.22 bits per heavy atom. The van der Waals surface area contributed by atoms with Crippen molar-refractivity contribution in [2.75, 3.05) is 7.11 Å². The Balaban J connectivity index is 2.29. The van der Waals surface area contributed by atoms with Gasteiger partial charge < -0.3 is 10.5 Å². The van der Waals surface area contributed by atoms with Crippen molar-refractivity contribution >= 4 is 27.7 Å². The van der Waals surface area contributed by atoms with Gasteiger partial charge in [0.25, 0.3) is 0 Å². The number of nitrogens with two attached hydrogens (primary N) is 1. The van der Waals surface area contributed by atoms with Gasteiger partial charge in [0.2, 0.25) is 0 Å². The van der Waals surface area contributed by atoms with E-state index in [1.54, 1.807) is 18.9 Å². The maximum Gasteiger partial charge on any atom is 0.119 e. The SMILES string of the molecule is COc1cccc(Sc2cc(Br)ccc2CN)c1. The van der Waals surface area contributed by atoms with E-state index in [-0.39, 0.29) is 0 Å². The van der Waals surface area contributed by atoms with E-state index in [9.17, 15) is 0 Å². The number of halogens is 1. The fraction of sp³-hybridized carbons (Fsp3) is 0.143. The Morgan fingerprint density at radius 2 is 2.06 bits per heavy atom. The van der Waals surface area contributed by atoms with Gasteiger partial charge in [0.15, 0.2) is 0 Å². The molecule has 0 bridgehead atoms. The molecule has 0 aliphatic rings. The first-order chi connectivity index (χ1) is 8.72. The summed E-state index contributed by atoms with van der Waals surface area (Å²) in [7, 11) is 1.67. The summed E-state index contributed by atoms with van der Waals surface area (Å²) in [6.45, 7) is 0.541.